The fourth-order valence-electron chi connectivity index (χ4n) is 3.89. The lowest BCUT2D eigenvalue weighted by atomic mass is 10.1. The molecular weight excluding hydrogens is 404 g/mol. The fourth-order valence-corrected chi connectivity index (χ4v) is 3.89. The topological polar surface area (TPSA) is 66.9 Å². The van der Waals surface area contributed by atoms with E-state index in [0.717, 1.165) is 5.56 Å². The first-order chi connectivity index (χ1) is 15.5. The van der Waals surface area contributed by atoms with Crippen molar-refractivity contribution in [3.63, 3.8) is 0 Å². The number of hydrogen-bond donors (Lipinski definition) is 0. The lowest BCUT2D eigenvalue weighted by molar-refractivity contribution is 0.0642. The van der Waals surface area contributed by atoms with Gasteiger partial charge in [-0.2, -0.15) is 0 Å². The molecule has 0 aromatic heterocycles. The van der Waals surface area contributed by atoms with E-state index < -0.39 is 0 Å². The zero-order chi connectivity index (χ0) is 22.7. The van der Waals surface area contributed by atoms with Gasteiger partial charge in [-0.15, -0.1) is 0 Å². The second-order valence-corrected chi connectivity index (χ2v) is 7.58. The molecule has 32 heavy (non-hydrogen) atoms. The third-order valence-corrected chi connectivity index (χ3v) is 5.60. The number of methoxy groups -OCH3 is 1. The van der Waals surface area contributed by atoms with Crippen molar-refractivity contribution in [2.24, 2.45) is 0 Å². The molecule has 1 aliphatic rings. The van der Waals surface area contributed by atoms with Crippen LogP contribution in [0.4, 0.5) is 0 Å². The van der Waals surface area contributed by atoms with Gasteiger partial charge in [-0.1, -0.05) is 48.5 Å². The zero-order valence-corrected chi connectivity index (χ0v) is 18.1. The average Bonchev–Trinajstić information content (AvgIpc) is 3.07. The molecule has 0 aliphatic carbocycles. The van der Waals surface area contributed by atoms with Crippen molar-refractivity contribution in [1.29, 1.82) is 0 Å². The minimum atomic E-state index is -0.325. The van der Waals surface area contributed by atoms with Crippen molar-refractivity contribution < 1.29 is 19.1 Å². The van der Waals surface area contributed by atoms with Crippen LogP contribution in [-0.2, 0) is 13.1 Å². The van der Waals surface area contributed by atoms with Crippen LogP contribution in [0.25, 0.3) is 0 Å². The van der Waals surface area contributed by atoms with Crippen LogP contribution in [0.3, 0.4) is 0 Å². The summed E-state index contributed by atoms with van der Waals surface area (Å²) in [5.41, 5.74) is 2.92. The third-order valence-electron chi connectivity index (χ3n) is 5.60. The molecule has 0 spiro atoms. The van der Waals surface area contributed by atoms with E-state index >= 15 is 0 Å². The highest BCUT2D eigenvalue weighted by atomic mass is 16.5. The molecule has 0 saturated carbocycles. The zero-order valence-electron chi connectivity index (χ0n) is 18.1. The summed E-state index contributed by atoms with van der Waals surface area (Å²) in [6.07, 6.45) is 0. The van der Waals surface area contributed by atoms with Crippen LogP contribution in [0, 0.1) is 0 Å². The molecule has 6 heteroatoms. The van der Waals surface area contributed by atoms with Gasteiger partial charge >= 0.3 is 0 Å². The summed E-state index contributed by atoms with van der Waals surface area (Å²) < 4.78 is 5.43. The molecule has 6 nitrogen and oxygen atoms in total. The first-order valence-corrected chi connectivity index (χ1v) is 10.5. The lowest BCUT2D eigenvalue weighted by Crippen LogP contribution is -2.31. The Morgan fingerprint density at radius 1 is 0.875 bits per heavy atom. The summed E-state index contributed by atoms with van der Waals surface area (Å²) in [5.74, 6) is -0.368. The monoisotopic (exact) mass is 428 g/mol. The van der Waals surface area contributed by atoms with E-state index in [0.29, 0.717) is 41.1 Å². The van der Waals surface area contributed by atoms with E-state index in [2.05, 4.69) is 0 Å². The number of fused-ring (bicyclic) bond motifs is 1. The summed E-state index contributed by atoms with van der Waals surface area (Å²) in [4.78, 5) is 41.7. The summed E-state index contributed by atoms with van der Waals surface area (Å²) in [5, 5.41) is 0. The average molecular weight is 428 g/mol. The van der Waals surface area contributed by atoms with E-state index in [1.165, 1.54) is 12.0 Å². The molecule has 0 fully saturated rings. The predicted octanol–water partition coefficient (Wildman–Crippen LogP) is 4.15. The number of amides is 3. The van der Waals surface area contributed by atoms with Gasteiger partial charge in [-0.3, -0.25) is 19.3 Å². The third kappa shape index (κ3) is 3.99. The maximum Gasteiger partial charge on any atom is 0.261 e. The van der Waals surface area contributed by atoms with Crippen LogP contribution < -0.4 is 4.74 Å². The van der Waals surface area contributed by atoms with Crippen molar-refractivity contribution >= 4 is 17.7 Å². The highest BCUT2D eigenvalue weighted by molar-refractivity contribution is 6.21. The molecular formula is C26H24N2O4. The van der Waals surface area contributed by atoms with Crippen LogP contribution in [0.2, 0.25) is 0 Å². The van der Waals surface area contributed by atoms with E-state index in [9.17, 15) is 14.4 Å². The molecule has 0 radical (unpaired) electrons. The molecule has 3 aromatic carbocycles. The van der Waals surface area contributed by atoms with Gasteiger partial charge in [0, 0.05) is 13.1 Å². The number of hydrogen-bond acceptors (Lipinski definition) is 4. The molecule has 0 bridgehead atoms. The van der Waals surface area contributed by atoms with E-state index in [1.54, 1.807) is 47.4 Å². The molecule has 3 amide bonds. The summed E-state index contributed by atoms with van der Waals surface area (Å²) in [6.45, 7) is 3.01. The van der Waals surface area contributed by atoms with E-state index in [-0.39, 0.29) is 24.3 Å². The number of ether oxygens (including phenoxy) is 1. The van der Waals surface area contributed by atoms with Gasteiger partial charge in [0.25, 0.3) is 17.7 Å². The van der Waals surface area contributed by atoms with Gasteiger partial charge in [0.15, 0.2) is 0 Å². The smallest absolute Gasteiger partial charge is 0.261 e. The lowest BCUT2D eigenvalue weighted by Gasteiger charge is -2.23. The first kappa shape index (κ1) is 21.3. The van der Waals surface area contributed by atoms with Crippen LogP contribution in [0.15, 0.2) is 72.8 Å². The van der Waals surface area contributed by atoms with Gasteiger partial charge in [0.1, 0.15) is 5.75 Å². The molecule has 1 aliphatic heterocycles. The Bertz CT molecular complexity index is 1140. The van der Waals surface area contributed by atoms with Gasteiger partial charge in [-0.05, 0) is 42.3 Å². The van der Waals surface area contributed by atoms with Crippen molar-refractivity contribution in [3.8, 4) is 5.75 Å². The number of carbonyl (C=O) groups excluding carboxylic acids is 3. The number of imide groups is 1. The van der Waals surface area contributed by atoms with Crippen molar-refractivity contribution in [3.05, 3.63) is 101 Å². The molecule has 0 atom stereocenters. The molecule has 4 rings (SSSR count). The standard InChI is InChI=1S/C26H24N2O4/c1-3-27(16-18-9-5-4-6-10-18)24(29)22-15-19(13-14-23(22)32-2)17-28-25(30)20-11-7-8-12-21(20)26(28)31/h4-15H,3,16-17H2,1-2H3. The number of benzene rings is 3. The first-order valence-electron chi connectivity index (χ1n) is 10.5. The summed E-state index contributed by atoms with van der Waals surface area (Å²) in [6, 6.07) is 21.7. The minimum Gasteiger partial charge on any atom is -0.496 e. The molecule has 0 unspecified atom stereocenters. The Morgan fingerprint density at radius 2 is 1.50 bits per heavy atom. The Labute approximate surface area is 187 Å². The fraction of sp³-hybridized carbons (Fsp3) is 0.192. The Kier molecular flexibility index (Phi) is 6.03. The van der Waals surface area contributed by atoms with Crippen LogP contribution in [0.5, 0.6) is 5.75 Å². The highest BCUT2D eigenvalue weighted by Crippen LogP contribution is 2.27. The van der Waals surface area contributed by atoms with Crippen LogP contribution >= 0.6 is 0 Å². The van der Waals surface area contributed by atoms with Gasteiger partial charge < -0.3 is 9.64 Å². The van der Waals surface area contributed by atoms with Crippen molar-refractivity contribution in [2.75, 3.05) is 13.7 Å². The van der Waals surface area contributed by atoms with Gasteiger partial charge in [0.2, 0.25) is 0 Å². The maximum absolute atomic E-state index is 13.4. The van der Waals surface area contributed by atoms with Gasteiger partial charge in [0.05, 0.1) is 30.3 Å². The van der Waals surface area contributed by atoms with Crippen molar-refractivity contribution in [1.82, 2.24) is 9.80 Å². The second-order valence-electron chi connectivity index (χ2n) is 7.58. The Balaban J connectivity index is 1.60. The maximum atomic E-state index is 13.4. The van der Waals surface area contributed by atoms with Gasteiger partial charge in [-0.25, -0.2) is 0 Å². The van der Waals surface area contributed by atoms with E-state index in [4.69, 9.17) is 4.74 Å². The molecule has 1 heterocycles. The molecule has 0 saturated heterocycles. The molecule has 162 valence electrons. The van der Waals surface area contributed by atoms with Crippen molar-refractivity contribution in [2.45, 2.75) is 20.0 Å². The predicted molar refractivity (Wildman–Crippen MR) is 120 cm³/mol. The second kappa shape index (κ2) is 9.06. The van der Waals surface area contributed by atoms with Crippen LogP contribution in [-0.4, -0.2) is 41.2 Å². The molecule has 3 aromatic rings. The SMILES string of the molecule is CCN(Cc1ccccc1)C(=O)c1cc(CN2C(=O)c3ccccc3C2=O)ccc1OC. The largest absolute Gasteiger partial charge is 0.496 e. The normalized spacial score (nSPS) is 12.6. The summed E-state index contributed by atoms with van der Waals surface area (Å²) >= 11 is 0. The number of rotatable bonds is 7. The number of carbonyl (C=O) groups is 3. The number of nitrogens with zero attached hydrogens (tertiary/aromatic N) is 2. The summed E-state index contributed by atoms with van der Waals surface area (Å²) in [7, 11) is 1.52. The van der Waals surface area contributed by atoms with Crippen LogP contribution in [0.1, 0.15) is 49.1 Å². The Morgan fingerprint density at radius 3 is 2.09 bits per heavy atom. The Hall–Kier alpha value is -3.93. The quantitative estimate of drug-likeness (QED) is 0.530. The highest BCUT2D eigenvalue weighted by Gasteiger charge is 2.35. The minimum absolute atomic E-state index is 0.0848. The molecule has 0 N–H and O–H groups in total. The van der Waals surface area contributed by atoms with E-state index in [1.807, 2.05) is 37.3 Å².